The molecule has 1 aromatic rings. The molecule has 3 N–H and O–H groups in total. The number of rotatable bonds is 3. The van der Waals surface area contributed by atoms with Crippen molar-refractivity contribution in [2.24, 2.45) is 5.73 Å². The Morgan fingerprint density at radius 3 is 2.71 bits per heavy atom. The Kier molecular flexibility index (Phi) is 3.08. The van der Waals surface area contributed by atoms with Gasteiger partial charge in [0.05, 0.1) is 19.3 Å². The summed E-state index contributed by atoms with van der Waals surface area (Å²) >= 11 is 0. The molecule has 0 saturated heterocycles. The first kappa shape index (κ1) is 10.9. The van der Waals surface area contributed by atoms with Gasteiger partial charge in [-0.15, -0.1) is 0 Å². The van der Waals surface area contributed by atoms with Crippen LogP contribution < -0.4 is 10.5 Å². The number of nitrogens with zero attached hydrogens (tertiary/aromatic N) is 1. The van der Waals surface area contributed by atoms with E-state index in [1.165, 1.54) is 0 Å². The monoisotopic (exact) mass is 196 g/mol. The SMILES string of the molecule is COc1cc(C)c(C(C)(N)CO)cn1. The molecule has 14 heavy (non-hydrogen) atoms. The van der Waals surface area contributed by atoms with E-state index in [0.29, 0.717) is 5.88 Å². The molecule has 1 aromatic heterocycles. The first-order chi connectivity index (χ1) is 6.51. The van der Waals surface area contributed by atoms with E-state index in [1.54, 1.807) is 26.3 Å². The highest BCUT2D eigenvalue weighted by Crippen LogP contribution is 2.22. The van der Waals surface area contributed by atoms with Crippen LogP contribution in [0.5, 0.6) is 5.88 Å². The minimum Gasteiger partial charge on any atom is -0.481 e. The van der Waals surface area contributed by atoms with Crippen molar-refractivity contribution in [1.82, 2.24) is 4.98 Å². The topological polar surface area (TPSA) is 68.4 Å². The molecule has 0 radical (unpaired) electrons. The summed E-state index contributed by atoms with van der Waals surface area (Å²) in [6.07, 6.45) is 1.64. The third-order valence-electron chi connectivity index (χ3n) is 2.24. The van der Waals surface area contributed by atoms with Crippen LogP contribution in [0.4, 0.5) is 0 Å². The summed E-state index contributed by atoms with van der Waals surface area (Å²) in [5, 5.41) is 9.11. The molecule has 0 fully saturated rings. The van der Waals surface area contributed by atoms with Gasteiger partial charge < -0.3 is 15.6 Å². The molecule has 1 rings (SSSR count). The van der Waals surface area contributed by atoms with Crippen molar-refractivity contribution in [2.75, 3.05) is 13.7 Å². The van der Waals surface area contributed by atoms with Gasteiger partial charge in [0.15, 0.2) is 0 Å². The van der Waals surface area contributed by atoms with Crippen molar-refractivity contribution in [3.63, 3.8) is 0 Å². The van der Waals surface area contributed by atoms with E-state index in [4.69, 9.17) is 15.6 Å². The molecule has 1 unspecified atom stereocenters. The van der Waals surface area contributed by atoms with Gasteiger partial charge in [-0.1, -0.05) is 0 Å². The second-order valence-corrected chi connectivity index (χ2v) is 3.62. The lowest BCUT2D eigenvalue weighted by Gasteiger charge is -2.23. The smallest absolute Gasteiger partial charge is 0.213 e. The Balaban J connectivity index is 3.12. The molecule has 0 amide bonds. The van der Waals surface area contributed by atoms with Crippen molar-refractivity contribution in [3.8, 4) is 5.88 Å². The van der Waals surface area contributed by atoms with Gasteiger partial charge in [0, 0.05) is 12.3 Å². The highest BCUT2D eigenvalue weighted by atomic mass is 16.5. The molecule has 0 spiro atoms. The Bertz CT molecular complexity index is 324. The summed E-state index contributed by atoms with van der Waals surface area (Å²) in [5.74, 6) is 0.556. The molecule has 4 heteroatoms. The van der Waals surface area contributed by atoms with Crippen molar-refractivity contribution in [3.05, 3.63) is 23.4 Å². The number of aliphatic hydroxyl groups is 1. The van der Waals surface area contributed by atoms with Gasteiger partial charge >= 0.3 is 0 Å². The van der Waals surface area contributed by atoms with E-state index in [2.05, 4.69) is 4.98 Å². The summed E-state index contributed by atoms with van der Waals surface area (Å²) in [7, 11) is 1.56. The summed E-state index contributed by atoms with van der Waals surface area (Å²) in [5.41, 5.74) is 6.95. The van der Waals surface area contributed by atoms with Crippen LogP contribution in [0.3, 0.4) is 0 Å². The third-order valence-corrected chi connectivity index (χ3v) is 2.24. The Hall–Kier alpha value is -1.13. The minimum absolute atomic E-state index is 0.109. The fourth-order valence-corrected chi connectivity index (χ4v) is 1.32. The van der Waals surface area contributed by atoms with E-state index in [0.717, 1.165) is 11.1 Å². The van der Waals surface area contributed by atoms with Gasteiger partial charge in [-0.05, 0) is 25.0 Å². The zero-order chi connectivity index (χ0) is 10.8. The molecule has 4 nitrogen and oxygen atoms in total. The first-order valence-corrected chi connectivity index (χ1v) is 4.42. The summed E-state index contributed by atoms with van der Waals surface area (Å²) < 4.78 is 4.98. The first-order valence-electron chi connectivity index (χ1n) is 4.42. The molecule has 0 aliphatic rings. The van der Waals surface area contributed by atoms with E-state index >= 15 is 0 Å². The Morgan fingerprint density at radius 2 is 2.29 bits per heavy atom. The molecular weight excluding hydrogens is 180 g/mol. The molecule has 0 saturated carbocycles. The Morgan fingerprint density at radius 1 is 1.64 bits per heavy atom. The molecule has 1 atom stereocenters. The molecule has 0 aromatic carbocycles. The van der Waals surface area contributed by atoms with E-state index in [-0.39, 0.29) is 6.61 Å². The van der Waals surface area contributed by atoms with Crippen LogP contribution in [0.2, 0.25) is 0 Å². The number of hydrogen-bond donors (Lipinski definition) is 2. The van der Waals surface area contributed by atoms with Crippen molar-refractivity contribution in [1.29, 1.82) is 0 Å². The van der Waals surface area contributed by atoms with Gasteiger partial charge in [-0.25, -0.2) is 4.98 Å². The maximum Gasteiger partial charge on any atom is 0.213 e. The predicted octanol–water partition coefficient (Wildman–Crippen LogP) is 0.565. The second kappa shape index (κ2) is 3.94. The summed E-state index contributed by atoms with van der Waals surface area (Å²) in [6, 6.07) is 1.80. The van der Waals surface area contributed by atoms with Gasteiger partial charge in [-0.2, -0.15) is 0 Å². The van der Waals surface area contributed by atoms with Crippen molar-refractivity contribution >= 4 is 0 Å². The average molecular weight is 196 g/mol. The zero-order valence-corrected chi connectivity index (χ0v) is 8.74. The van der Waals surface area contributed by atoms with E-state index < -0.39 is 5.54 Å². The molecule has 0 aliphatic heterocycles. The van der Waals surface area contributed by atoms with E-state index in [1.807, 2.05) is 6.92 Å². The summed E-state index contributed by atoms with van der Waals surface area (Å²) in [6.45, 7) is 3.58. The van der Waals surface area contributed by atoms with Gasteiger partial charge in [0.1, 0.15) is 0 Å². The predicted molar refractivity (Wildman–Crippen MR) is 54.2 cm³/mol. The number of nitrogens with two attached hydrogens (primary N) is 1. The van der Waals surface area contributed by atoms with Crippen LogP contribution in [0.15, 0.2) is 12.3 Å². The van der Waals surface area contributed by atoms with Gasteiger partial charge in [-0.3, -0.25) is 0 Å². The quantitative estimate of drug-likeness (QED) is 0.741. The van der Waals surface area contributed by atoms with E-state index in [9.17, 15) is 0 Å². The highest BCUT2D eigenvalue weighted by molar-refractivity contribution is 5.33. The lowest BCUT2D eigenvalue weighted by molar-refractivity contribution is 0.209. The molecule has 78 valence electrons. The second-order valence-electron chi connectivity index (χ2n) is 3.62. The third kappa shape index (κ3) is 2.02. The fourth-order valence-electron chi connectivity index (χ4n) is 1.32. The normalized spacial score (nSPS) is 14.9. The van der Waals surface area contributed by atoms with Gasteiger partial charge in [0.2, 0.25) is 5.88 Å². The number of ether oxygens (including phenoxy) is 1. The van der Waals surface area contributed by atoms with Gasteiger partial charge in [0.25, 0.3) is 0 Å². The molecule has 0 bridgehead atoms. The number of aliphatic hydroxyl groups excluding tert-OH is 1. The maximum atomic E-state index is 9.11. The molecule has 1 heterocycles. The highest BCUT2D eigenvalue weighted by Gasteiger charge is 2.22. The largest absolute Gasteiger partial charge is 0.481 e. The number of hydrogen-bond acceptors (Lipinski definition) is 4. The standard InChI is InChI=1S/C10H16N2O2/c1-7-4-9(14-3)12-5-8(7)10(2,11)6-13/h4-5,13H,6,11H2,1-3H3. The van der Waals surface area contributed by atoms with Crippen molar-refractivity contribution in [2.45, 2.75) is 19.4 Å². The van der Waals surface area contributed by atoms with Crippen LogP contribution in [0.1, 0.15) is 18.1 Å². The number of aryl methyl sites for hydroxylation is 1. The zero-order valence-electron chi connectivity index (χ0n) is 8.74. The lowest BCUT2D eigenvalue weighted by atomic mass is 9.92. The molecular formula is C10H16N2O2. The van der Waals surface area contributed by atoms with Crippen LogP contribution in [-0.4, -0.2) is 23.8 Å². The minimum atomic E-state index is -0.747. The number of methoxy groups -OCH3 is 1. The Labute approximate surface area is 83.7 Å². The van der Waals surface area contributed by atoms with Crippen LogP contribution in [0, 0.1) is 6.92 Å². The fraction of sp³-hybridized carbons (Fsp3) is 0.500. The maximum absolute atomic E-state index is 9.11. The number of pyridine rings is 1. The lowest BCUT2D eigenvalue weighted by Crippen LogP contribution is -2.37. The summed E-state index contributed by atoms with van der Waals surface area (Å²) in [4.78, 5) is 4.06. The average Bonchev–Trinajstić information content (AvgIpc) is 2.17. The van der Waals surface area contributed by atoms with Crippen LogP contribution >= 0.6 is 0 Å². The molecule has 0 aliphatic carbocycles. The van der Waals surface area contributed by atoms with Crippen molar-refractivity contribution < 1.29 is 9.84 Å². The van der Waals surface area contributed by atoms with Crippen LogP contribution in [0.25, 0.3) is 0 Å². The number of aromatic nitrogens is 1. The van der Waals surface area contributed by atoms with Crippen LogP contribution in [-0.2, 0) is 5.54 Å².